The van der Waals surface area contributed by atoms with E-state index in [1.54, 1.807) is 6.20 Å². The summed E-state index contributed by atoms with van der Waals surface area (Å²) in [5.74, 6) is 0. The van der Waals surface area contributed by atoms with E-state index < -0.39 is 0 Å². The minimum atomic E-state index is 0.0733. The average molecular weight is 226 g/mol. The van der Waals surface area contributed by atoms with E-state index in [9.17, 15) is 0 Å². The summed E-state index contributed by atoms with van der Waals surface area (Å²) in [5.41, 5.74) is 9.91. The lowest BCUT2D eigenvalue weighted by molar-refractivity contribution is 0.649. The number of nitrogens with two attached hydrogens (primary N) is 1. The first kappa shape index (κ1) is 11.8. The van der Waals surface area contributed by atoms with Crippen LogP contribution in [0.3, 0.4) is 0 Å². The van der Waals surface area contributed by atoms with Gasteiger partial charge in [-0.2, -0.15) is 0 Å². The summed E-state index contributed by atoms with van der Waals surface area (Å²) in [6.07, 6.45) is 5.59. The summed E-state index contributed by atoms with van der Waals surface area (Å²) in [4.78, 5) is 4.09. The van der Waals surface area contributed by atoms with Crippen molar-refractivity contribution in [1.82, 2.24) is 4.98 Å². The molecule has 0 spiro atoms. The normalized spacial score (nSPS) is 12.4. The van der Waals surface area contributed by atoms with Gasteiger partial charge in [-0.25, -0.2) is 0 Å². The number of nitrogens with zero attached hydrogens (tertiary/aromatic N) is 1. The zero-order valence-corrected chi connectivity index (χ0v) is 10.1. The monoisotopic (exact) mass is 226 g/mol. The van der Waals surface area contributed by atoms with E-state index in [1.165, 1.54) is 11.1 Å². The van der Waals surface area contributed by atoms with Crippen molar-refractivity contribution in [2.45, 2.75) is 25.8 Å². The Bertz CT molecular complexity index is 465. The molecule has 17 heavy (non-hydrogen) atoms. The van der Waals surface area contributed by atoms with Crippen LogP contribution in [-0.2, 0) is 6.42 Å². The Hall–Kier alpha value is -1.67. The molecule has 0 aliphatic rings. The molecule has 0 fully saturated rings. The molecule has 0 bridgehead atoms. The van der Waals surface area contributed by atoms with Gasteiger partial charge in [-0.3, -0.25) is 4.98 Å². The number of benzene rings is 1. The van der Waals surface area contributed by atoms with Gasteiger partial charge in [-0.1, -0.05) is 35.9 Å². The SMILES string of the molecule is Cc1cccc(CCC(N)c2cccnc2)c1. The molecule has 1 heterocycles. The van der Waals surface area contributed by atoms with Crippen molar-refractivity contribution in [3.63, 3.8) is 0 Å². The molecule has 1 unspecified atom stereocenters. The summed E-state index contributed by atoms with van der Waals surface area (Å²) in [6.45, 7) is 2.12. The molecular weight excluding hydrogens is 208 g/mol. The third kappa shape index (κ3) is 3.40. The van der Waals surface area contributed by atoms with E-state index in [-0.39, 0.29) is 6.04 Å². The van der Waals surface area contributed by atoms with Gasteiger partial charge in [0.15, 0.2) is 0 Å². The van der Waals surface area contributed by atoms with E-state index >= 15 is 0 Å². The van der Waals surface area contributed by atoms with Gasteiger partial charge >= 0.3 is 0 Å². The number of hydrogen-bond donors (Lipinski definition) is 1. The van der Waals surface area contributed by atoms with E-state index in [2.05, 4.69) is 36.2 Å². The molecular formula is C15H18N2. The lowest BCUT2D eigenvalue weighted by atomic mass is 10.0. The Balaban J connectivity index is 1.95. The van der Waals surface area contributed by atoms with Gasteiger partial charge in [0.05, 0.1) is 0 Å². The van der Waals surface area contributed by atoms with E-state index in [0.717, 1.165) is 18.4 Å². The number of hydrogen-bond acceptors (Lipinski definition) is 2. The third-order valence-electron chi connectivity index (χ3n) is 2.94. The standard InChI is InChI=1S/C15H18N2/c1-12-4-2-5-13(10-12)7-8-15(16)14-6-3-9-17-11-14/h2-6,9-11,15H,7-8,16H2,1H3. The lowest BCUT2D eigenvalue weighted by Crippen LogP contribution is -2.11. The van der Waals surface area contributed by atoms with Gasteiger partial charge in [-0.05, 0) is 37.0 Å². The fraction of sp³-hybridized carbons (Fsp3) is 0.267. The smallest absolute Gasteiger partial charge is 0.0315 e. The Labute approximate surface area is 103 Å². The second-order valence-electron chi connectivity index (χ2n) is 4.42. The largest absolute Gasteiger partial charge is 0.324 e. The van der Waals surface area contributed by atoms with Crippen molar-refractivity contribution in [3.8, 4) is 0 Å². The minimum absolute atomic E-state index is 0.0733. The van der Waals surface area contributed by atoms with Crippen LogP contribution in [0, 0.1) is 6.92 Å². The second-order valence-corrected chi connectivity index (χ2v) is 4.42. The van der Waals surface area contributed by atoms with E-state index in [4.69, 9.17) is 5.73 Å². The summed E-state index contributed by atoms with van der Waals surface area (Å²) in [6, 6.07) is 12.6. The fourth-order valence-corrected chi connectivity index (χ4v) is 1.95. The molecule has 2 nitrogen and oxygen atoms in total. The molecule has 88 valence electrons. The highest BCUT2D eigenvalue weighted by Gasteiger charge is 2.05. The minimum Gasteiger partial charge on any atom is -0.324 e. The van der Waals surface area contributed by atoms with Crippen LogP contribution in [0.4, 0.5) is 0 Å². The van der Waals surface area contributed by atoms with Crippen LogP contribution >= 0.6 is 0 Å². The van der Waals surface area contributed by atoms with Crippen molar-refractivity contribution in [1.29, 1.82) is 0 Å². The van der Waals surface area contributed by atoms with Gasteiger partial charge < -0.3 is 5.73 Å². The zero-order chi connectivity index (χ0) is 12.1. The van der Waals surface area contributed by atoms with Gasteiger partial charge in [0, 0.05) is 18.4 Å². The van der Waals surface area contributed by atoms with Crippen molar-refractivity contribution >= 4 is 0 Å². The lowest BCUT2D eigenvalue weighted by Gasteiger charge is -2.11. The number of rotatable bonds is 4. The van der Waals surface area contributed by atoms with Crippen LogP contribution in [0.2, 0.25) is 0 Å². The van der Waals surface area contributed by atoms with Crippen molar-refractivity contribution in [2.75, 3.05) is 0 Å². The fourth-order valence-electron chi connectivity index (χ4n) is 1.95. The van der Waals surface area contributed by atoms with Gasteiger partial charge in [0.25, 0.3) is 0 Å². The highest BCUT2D eigenvalue weighted by atomic mass is 14.7. The predicted octanol–water partition coefficient (Wildman–Crippen LogP) is 3.02. The molecule has 2 heteroatoms. The van der Waals surface area contributed by atoms with Crippen LogP contribution < -0.4 is 5.73 Å². The van der Waals surface area contributed by atoms with Crippen LogP contribution in [-0.4, -0.2) is 4.98 Å². The van der Waals surface area contributed by atoms with Crippen molar-refractivity contribution in [3.05, 3.63) is 65.5 Å². The first-order valence-corrected chi connectivity index (χ1v) is 5.97. The van der Waals surface area contributed by atoms with E-state index in [0.29, 0.717) is 0 Å². The first-order chi connectivity index (χ1) is 8.25. The number of pyridine rings is 1. The highest BCUT2D eigenvalue weighted by molar-refractivity contribution is 5.23. The predicted molar refractivity (Wildman–Crippen MR) is 70.7 cm³/mol. The van der Waals surface area contributed by atoms with Gasteiger partial charge in [0.1, 0.15) is 0 Å². The van der Waals surface area contributed by atoms with Crippen LogP contribution in [0.15, 0.2) is 48.8 Å². The maximum Gasteiger partial charge on any atom is 0.0315 e. The molecule has 1 atom stereocenters. The Morgan fingerprint density at radius 3 is 2.82 bits per heavy atom. The van der Waals surface area contributed by atoms with Crippen LogP contribution in [0.1, 0.15) is 29.2 Å². The molecule has 0 amide bonds. The first-order valence-electron chi connectivity index (χ1n) is 5.97. The molecule has 0 aliphatic heterocycles. The van der Waals surface area contributed by atoms with Gasteiger partial charge in [-0.15, -0.1) is 0 Å². The molecule has 2 aromatic rings. The summed E-state index contributed by atoms with van der Waals surface area (Å²) in [7, 11) is 0. The topological polar surface area (TPSA) is 38.9 Å². The second kappa shape index (κ2) is 5.60. The molecule has 0 saturated carbocycles. The van der Waals surface area contributed by atoms with Crippen molar-refractivity contribution in [2.24, 2.45) is 5.73 Å². The molecule has 1 aromatic carbocycles. The maximum absolute atomic E-state index is 6.14. The molecule has 0 saturated heterocycles. The Kier molecular flexibility index (Phi) is 3.89. The average Bonchev–Trinajstić information content (AvgIpc) is 2.37. The van der Waals surface area contributed by atoms with Crippen LogP contribution in [0.5, 0.6) is 0 Å². The number of aryl methyl sites for hydroxylation is 2. The summed E-state index contributed by atoms with van der Waals surface area (Å²) >= 11 is 0. The van der Waals surface area contributed by atoms with Crippen molar-refractivity contribution < 1.29 is 0 Å². The van der Waals surface area contributed by atoms with Crippen LogP contribution in [0.25, 0.3) is 0 Å². The Morgan fingerprint density at radius 2 is 2.12 bits per heavy atom. The molecule has 0 radical (unpaired) electrons. The maximum atomic E-state index is 6.14. The summed E-state index contributed by atoms with van der Waals surface area (Å²) < 4.78 is 0. The van der Waals surface area contributed by atoms with E-state index in [1.807, 2.05) is 18.3 Å². The molecule has 0 aliphatic carbocycles. The Morgan fingerprint density at radius 1 is 1.24 bits per heavy atom. The molecule has 2 rings (SSSR count). The van der Waals surface area contributed by atoms with Gasteiger partial charge in [0.2, 0.25) is 0 Å². The number of aromatic nitrogens is 1. The quantitative estimate of drug-likeness (QED) is 0.870. The third-order valence-corrected chi connectivity index (χ3v) is 2.94. The molecule has 2 N–H and O–H groups in total. The highest BCUT2D eigenvalue weighted by Crippen LogP contribution is 2.16. The zero-order valence-electron chi connectivity index (χ0n) is 10.1. The summed E-state index contributed by atoms with van der Waals surface area (Å²) in [5, 5.41) is 0. The molecule has 1 aromatic heterocycles.